The summed E-state index contributed by atoms with van der Waals surface area (Å²) >= 11 is 0. The number of hydrogen-bond acceptors (Lipinski definition) is 2. The molecular formula is C13H28KNO2. The van der Waals surface area contributed by atoms with Crippen molar-refractivity contribution in [3.05, 3.63) is 7.43 Å². The molecule has 1 unspecified atom stereocenters. The summed E-state index contributed by atoms with van der Waals surface area (Å²) in [5, 5.41) is 0. The van der Waals surface area contributed by atoms with Crippen molar-refractivity contribution >= 4 is 11.7 Å². The van der Waals surface area contributed by atoms with Crippen LogP contribution in [0.25, 0.3) is 0 Å². The maximum absolute atomic E-state index is 11.0. The second kappa shape index (κ2) is 16.8. The van der Waals surface area contributed by atoms with E-state index in [9.17, 15) is 9.59 Å². The van der Waals surface area contributed by atoms with Crippen LogP contribution in [-0.2, 0) is 9.59 Å². The zero-order valence-electron chi connectivity index (χ0n) is 13.0. The molecule has 3 nitrogen and oxygen atoms in total. The van der Waals surface area contributed by atoms with Gasteiger partial charge in [0.1, 0.15) is 0 Å². The van der Waals surface area contributed by atoms with Gasteiger partial charge in [-0.25, -0.2) is 0 Å². The van der Waals surface area contributed by atoms with Gasteiger partial charge in [-0.05, 0) is 19.8 Å². The van der Waals surface area contributed by atoms with Gasteiger partial charge in [0, 0.05) is 13.5 Å². The number of nitrogens with zero attached hydrogens (tertiary/aromatic N) is 1. The van der Waals surface area contributed by atoms with Crippen molar-refractivity contribution in [3.63, 3.8) is 0 Å². The number of hydrogen-bond donors (Lipinski definition) is 0. The maximum Gasteiger partial charge on any atom is 1.00 e. The summed E-state index contributed by atoms with van der Waals surface area (Å²) in [6.45, 7) is 11.8. The van der Waals surface area contributed by atoms with E-state index < -0.39 is 0 Å². The molecule has 1 rings (SSSR count). The summed E-state index contributed by atoms with van der Waals surface area (Å²) in [5.41, 5.74) is 0. The maximum atomic E-state index is 11.0. The Morgan fingerprint density at radius 1 is 1.06 bits per heavy atom. The normalized spacial score (nSPS) is 16.1. The molecule has 1 amide bonds. The van der Waals surface area contributed by atoms with Crippen LogP contribution in [0.5, 0.6) is 0 Å². The van der Waals surface area contributed by atoms with Crippen molar-refractivity contribution in [1.29, 1.82) is 0 Å². The van der Waals surface area contributed by atoms with E-state index in [1.165, 1.54) is 6.92 Å². The molecule has 0 spiro atoms. The van der Waals surface area contributed by atoms with E-state index in [1.807, 2.05) is 27.7 Å². The van der Waals surface area contributed by atoms with Crippen molar-refractivity contribution in [2.45, 2.75) is 60.4 Å². The molecule has 1 aliphatic heterocycles. The SMILES string of the molecule is CC.CC.CC(=O)C1CCCN1C(C)=O.[CH3-].[K+]. The van der Waals surface area contributed by atoms with Crippen molar-refractivity contribution in [2.75, 3.05) is 6.54 Å². The van der Waals surface area contributed by atoms with Crippen LogP contribution in [0.3, 0.4) is 0 Å². The zero-order valence-corrected chi connectivity index (χ0v) is 16.1. The van der Waals surface area contributed by atoms with Crippen LogP contribution in [0.15, 0.2) is 0 Å². The third-order valence-corrected chi connectivity index (χ3v) is 2.13. The van der Waals surface area contributed by atoms with Crippen LogP contribution in [0.4, 0.5) is 0 Å². The van der Waals surface area contributed by atoms with Crippen molar-refractivity contribution in [3.8, 4) is 0 Å². The standard InChI is InChI=1S/C8H13NO2.2C2H6.CH3.K/c1-6(10)8-4-3-5-9(8)7(2)11;2*1-2;;/h8H,3-5H2,1-2H3;2*1-2H3;1H3;/q;;;-1;+1. The summed E-state index contributed by atoms with van der Waals surface area (Å²) < 4.78 is 0. The summed E-state index contributed by atoms with van der Waals surface area (Å²) in [5.74, 6) is 0.125. The average Bonchev–Trinajstić information content (AvgIpc) is 2.72. The molecule has 0 aromatic heterocycles. The monoisotopic (exact) mass is 269 g/mol. The Morgan fingerprint density at radius 3 is 1.71 bits per heavy atom. The molecule has 1 aliphatic rings. The quantitative estimate of drug-likeness (QED) is 0.500. The first kappa shape index (κ1) is 26.4. The number of ketones is 1. The van der Waals surface area contributed by atoms with Crippen molar-refractivity contribution in [1.82, 2.24) is 4.90 Å². The van der Waals surface area contributed by atoms with Crippen molar-refractivity contribution < 1.29 is 61.0 Å². The fraction of sp³-hybridized carbons (Fsp3) is 0.769. The predicted molar refractivity (Wildman–Crippen MR) is 70.2 cm³/mol. The van der Waals surface area contributed by atoms with Gasteiger partial charge in [0.2, 0.25) is 5.91 Å². The minimum atomic E-state index is -0.132. The Labute approximate surface area is 150 Å². The largest absolute Gasteiger partial charge is 1.00 e. The minimum Gasteiger partial charge on any atom is -0.358 e. The van der Waals surface area contributed by atoms with Crippen LogP contribution in [-0.4, -0.2) is 29.2 Å². The number of carbonyl (C=O) groups excluding carboxylic acids is 2. The third-order valence-electron chi connectivity index (χ3n) is 2.13. The van der Waals surface area contributed by atoms with Crippen LogP contribution in [0.1, 0.15) is 54.4 Å². The topological polar surface area (TPSA) is 37.4 Å². The zero-order chi connectivity index (χ0) is 12.4. The Kier molecular flexibility index (Phi) is 26.0. The molecule has 0 aliphatic carbocycles. The van der Waals surface area contributed by atoms with Gasteiger partial charge in [-0.2, -0.15) is 0 Å². The van der Waals surface area contributed by atoms with Gasteiger partial charge in [-0.1, -0.05) is 27.7 Å². The summed E-state index contributed by atoms with van der Waals surface area (Å²) in [6, 6.07) is -0.132. The fourth-order valence-corrected chi connectivity index (χ4v) is 1.57. The molecule has 1 fully saturated rings. The molecule has 0 radical (unpaired) electrons. The average molecular weight is 269 g/mol. The molecule has 1 heterocycles. The van der Waals surface area contributed by atoms with Crippen LogP contribution >= 0.6 is 0 Å². The van der Waals surface area contributed by atoms with E-state index in [0.717, 1.165) is 19.4 Å². The van der Waals surface area contributed by atoms with E-state index in [0.29, 0.717) is 0 Å². The first-order chi connectivity index (χ1) is 7.13. The smallest absolute Gasteiger partial charge is 0.358 e. The minimum absolute atomic E-state index is 0. The summed E-state index contributed by atoms with van der Waals surface area (Å²) in [4.78, 5) is 23.6. The van der Waals surface area contributed by atoms with Gasteiger partial charge in [-0.3, -0.25) is 9.59 Å². The molecule has 4 heteroatoms. The van der Waals surface area contributed by atoms with Gasteiger partial charge < -0.3 is 12.3 Å². The van der Waals surface area contributed by atoms with Crippen LogP contribution in [0, 0.1) is 7.43 Å². The third kappa shape index (κ3) is 10.4. The number of carbonyl (C=O) groups is 2. The number of rotatable bonds is 1. The summed E-state index contributed by atoms with van der Waals surface area (Å²) in [7, 11) is 0. The summed E-state index contributed by atoms with van der Waals surface area (Å²) in [6.07, 6.45) is 1.80. The van der Waals surface area contributed by atoms with E-state index in [-0.39, 0.29) is 76.5 Å². The van der Waals surface area contributed by atoms with Gasteiger partial charge >= 0.3 is 51.4 Å². The molecule has 0 bridgehead atoms. The molecule has 0 aromatic carbocycles. The van der Waals surface area contributed by atoms with Gasteiger partial charge in [-0.15, -0.1) is 0 Å². The first-order valence-corrected chi connectivity index (χ1v) is 5.90. The Hall–Kier alpha value is 0.776. The second-order valence-corrected chi connectivity index (χ2v) is 2.98. The Morgan fingerprint density at radius 2 is 1.47 bits per heavy atom. The Balaban J connectivity index is -0.000000128. The first-order valence-electron chi connectivity index (χ1n) is 5.90. The molecule has 98 valence electrons. The molecule has 1 atom stereocenters. The van der Waals surface area contributed by atoms with Gasteiger partial charge in [0.25, 0.3) is 0 Å². The van der Waals surface area contributed by atoms with Crippen LogP contribution in [0.2, 0.25) is 0 Å². The number of likely N-dealkylation sites (tertiary alicyclic amines) is 1. The van der Waals surface area contributed by atoms with E-state index in [4.69, 9.17) is 0 Å². The van der Waals surface area contributed by atoms with E-state index in [1.54, 1.807) is 11.8 Å². The molecule has 1 saturated heterocycles. The number of Topliss-reactive ketones (excluding diaryl/α,β-unsaturated/α-hetero) is 1. The predicted octanol–water partition coefficient (Wildman–Crippen LogP) is 0.0930. The molecular weight excluding hydrogens is 241 g/mol. The van der Waals surface area contributed by atoms with Crippen LogP contribution < -0.4 is 51.4 Å². The van der Waals surface area contributed by atoms with Gasteiger partial charge in [0.15, 0.2) is 5.78 Å². The van der Waals surface area contributed by atoms with Crippen molar-refractivity contribution in [2.24, 2.45) is 0 Å². The van der Waals surface area contributed by atoms with E-state index in [2.05, 4.69) is 0 Å². The molecule has 0 aromatic rings. The second-order valence-electron chi connectivity index (χ2n) is 2.98. The Bertz CT molecular complexity index is 176. The number of amides is 1. The molecule has 0 saturated carbocycles. The van der Waals surface area contributed by atoms with E-state index >= 15 is 0 Å². The molecule has 17 heavy (non-hydrogen) atoms. The molecule has 0 N–H and O–H groups in total. The fourth-order valence-electron chi connectivity index (χ4n) is 1.57. The van der Waals surface area contributed by atoms with Gasteiger partial charge in [0.05, 0.1) is 6.04 Å².